The van der Waals surface area contributed by atoms with Crippen LogP contribution in [-0.4, -0.2) is 37.2 Å². The topological polar surface area (TPSA) is 35.5 Å². The number of phenols is 1. The first-order valence-corrected chi connectivity index (χ1v) is 5.77. The van der Waals surface area contributed by atoms with Gasteiger partial charge in [-0.1, -0.05) is 18.2 Å². The Balaban J connectivity index is 2.35. The fourth-order valence-electron chi connectivity index (χ4n) is 1.68. The van der Waals surface area contributed by atoms with Gasteiger partial charge in [-0.2, -0.15) is 0 Å². The summed E-state index contributed by atoms with van der Waals surface area (Å²) in [5.74, 6) is 0.370. The Morgan fingerprint density at radius 2 is 2.00 bits per heavy atom. The minimum absolute atomic E-state index is 0.198. The molecule has 0 heterocycles. The molecule has 0 aromatic heterocycles. The van der Waals surface area contributed by atoms with E-state index in [0.717, 1.165) is 25.1 Å². The predicted octanol–water partition coefficient (Wildman–Crippen LogP) is 1.99. The maximum atomic E-state index is 9.68. The van der Waals surface area contributed by atoms with E-state index < -0.39 is 0 Å². The van der Waals surface area contributed by atoms with Gasteiger partial charge >= 0.3 is 0 Å². The Labute approximate surface area is 98.1 Å². The number of hydrogen-bond donors (Lipinski definition) is 2. The van der Waals surface area contributed by atoms with Crippen LogP contribution in [0, 0.1) is 0 Å². The van der Waals surface area contributed by atoms with Gasteiger partial charge in [0.2, 0.25) is 0 Å². The molecule has 0 spiro atoms. The first-order chi connectivity index (χ1) is 7.61. The number of para-hydroxylation sites is 1. The van der Waals surface area contributed by atoms with E-state index in [2.05, 4.69) is 31.2 Å². The summed E-state index contributed by atoms with van der Waals surface area (Å²) in [7, 11) is 4.15. The lowest BCUT2D eigenvalue weighted by molar-refractivity contribution is 0.387. The molecule has 0 aliphatic carbocycles. The van der Waals surface area contributed by atoms with Crippen molar-refractivity contribution in [1.82, 2.24) is 10.2 Å². The van der Waals surface area contributed by atoms with E-state index in [1.165, 1.54) is 0 Å². The van der Waals surface area contributed by atoms with Crippen molar-refractivity contribution in [3.05, 3.63) is 29.8 Å². The van der Waals surface area contributed by atoms with Crippen LogP contribution in [0.1, 0.15) is 24.9 Å². The van der Waals surface area contributed by atoms with Crippen LogP contribution < -0.4 is 5.32 Å². The van der Waals surface area contributed by atoms with Crippen LogP contribution in [0.25, 0.3) is 0 Å². The highest BCUT2D eigenvalue weighted by molar-refractivity contribution is 5.33. The van der Waals surface area contributed by atoms with E-state index in [1.807, 2.05) is 18.2 Å². The van der Waals surface area contributed by atoms with E-state index in [-0.39, 0.29) is 6.04 Å². The van der Waals surface area contributed by atoms with Gasteiger partial charge in [0.1, 0.15) is 5.75 Å². The fraction of sp³-hybridized carbons (Fsp3) is 0.538. The molecular weight excluding hydrogens is 200 g/mol. The van der Waals surface area contributed by atoms with Gasteiger partial charge in [-0.3, -0.25) is 0 Å². The Morgan fingerprint density at radius 1 is 1.31 bits per heavy atom. The van der Waals surface area contributed by atoms with Gasteiger partial charge in [0.25, 0.3) is 0 Å². The number of rotatable bonds is 6. The third-order valence-electron chi connectivity index (χ3n) is 2.64. The number of benzene rings is 1. The average molecular weight is 222 g/mol. The van der Waals surface area contributed by atoms with Gasteiger partial charge in [-0.25, -0.2) is 0 Å². The molecule has 0 aliphatic heterocycles. The highest BCUT2D eigenvalue weighted by Gasteiger charge is 2.07. The average Bonchev–Trinajstić information content (AvgIpc) is 2.24. The molecule has 16 heavy (non-hydrogen) atoms. The Bertz CT molecular complexity index is 313. The van der Waals surface area contributed by atoms with Crippen molar-refractivity contribution >= 4 is 0 Å². The molecule has 3 heteroatoms. The summed E-state index contributed by atoms with van der Waals surface area (Å²) in [5, 5.41) is 13.1. The third-order valence-corrected chi connectivity index (χ3v) is 2.64. The zero-order chi connectivity index (χ0) is 12.0. The maximum absolute atomic E-state index is 9.68. The van der Waals surface area contributed by atoms with Crippen LogP contribution in [0.3, 0.4) is 0 Å². The smallest absolute Gasteiger partial charge is 0.120 e. The monoisotopic (exact) mass is 222 g/mol. The molecule has 2 N–H and O–H groups in total. The summed E-state index contributed by atoms with van der Waals surface area (Å²) >= 11 is 0. The summed E-state index contributed by atoms with van der Waals surface area (Å²) < 4.78 is 0. The highest BCUT2D eigenvalue weighted by atomic mass is 16.3. The molecule has 1 atom stereocenters. The standard InChI is InChI=1S/C13H22N2O/c1-11(14-9-6-10-15(2)3)12-7-4-5-8-13(12)16/h4-5,7-8,11,14,16H,6,9-10H2,1-3H3. The van der Waals surface area contributed by atoms with Crippen LogP contribution in [0.2, 0.25) is 0 Å². The molecule has 1 unspecified atom stereocenters. The molecular formula is C13H22N2O. The quantitative estimate of drug-likeness (QED) is 0.723. The molecule has 0 saturated carbocycles. The van der Waals surface area contributed by atoms with Crippen LogP contribution >= 0.6 is 0 Å². The molecule has 1 rings (SSSR count). The number of hydrogen-bond acceptors (Lipinski definition) is 3. The SMILES string of the molecule is CC(NCCCN(C)C)c1ccccc1O. The molecule has 90 valence electrons. The lowest BCUT2D eigenvalue weighted by Gasteiger charge is -2.16. The minimum atomic E-state index is 0.198. The molecule has 1 aromatic rings. The second-order valence-corrected chi connectivity index (χ2v) is 4.39. The predicted molar refractivity (Wildman–Crippen MR) is 67.7 cm³/mol. The van der Waals surface area contributed by atoms with Crippen molar-refractivity contribution in [3.8, 4) is 5.75 Å². The largest absolute Gasteiger partial charge is 0.508 e. The van der Waals surface area contributed by atoms with Crippen LogP contribution in [-0.2, 0) is 0 Å². The van der Waals surface area contributed by atoms with E-state index in [0.29, 0.717) is 5.75 Å². The summed E-state index contributed by atoms with van der Waals surface area (Å²) in [6.07, 6.45) is 1.12. The Hall–Kier alpha value is -1.06. The second kappa shape index (κ2) is 6.51. The van der Waals surface area contributed by atoms with Gasteiger partial charge in [-0.15, -0.1) is 0 Å². The van der Waals surface area contributed by atoms with E-state index in [1.54, 1.807) is 6.07 Å². The summed E-state index contributed by atoms with van der Waals surface area (Å²) in [4.78, 5) is 2.17. The van der Waals surface area contributed by atoms with Crippen LogP contribution in [0.4, 0.5) is 0 Å². The molecule has 0 radical (unpaired) electrons. The molecule has 0 amide bonds. The van der Waals surface area contributed by atoms with Crippen molar-refractivity contribution in [2.45, 2.75) is 19.4 Å². The number of aromatic hydroxyl groups is 1. The van der Waals surface area contributed by atoms with Gasteiger partial charge in [-0.05, 0) is 46.6 Å². The van der Waals surface area contributed by atoms with Crippen LogP contribution in [0.15, 0.2) is 24.3 Å². The molecule has 0 aliphatic rings. The van der Waals surface area contributed by atoms with E-state index in [4.69, 9.17) is 0 Å². The molecule has 0 bridgehead atoms. The zero-order valence-electron chi connectivity index (χ0n) is 10.4. The normalized spacial score (nSPS) is 13.0. The van der Waals surface area contributed by atoms with Crippen molar-refractivity contribution < 1.29 is 5.11 Å². The van der Waals surface area contributed by atoms with Crippen molar-refractivity contribution in [1.29, 1.82) is 0 Å². The van der Waals surface area contributed by atoms with Gasteiger partial charge in [0.15, 0.2) is 0 Å². The first-order valence-electron chi connectivity index (χ1n) is 5.77. The second-order valence-electron chi connectivity index (χ2n) is 4.39. The number of phenolic OH excluding ortho intramolecular Hbond substituents is 1. The summed E-state index contributed by atoms with van der Waals surface area (Å²) in [5.41, 5.74) is 0.965. The first kappa shape index (κ1) is 13.0. The molecule has 3 nitrogen and oxygen atoms in total. The van der Waals surface area contributed by atoms with Gasteiger partial charge in [0, 0.05) is 11.6 Å². The summed E-state index contributed by atoms with van der Waals surface area (Å²) in [6, 6.07) is 7.68. The Morgan fingerprint density at radius 3 is 2.62 bits per heavy atom. The lowest BCUT2D eigenvalue weighted by atomic mass is 10.1. The van der Waals surface area contributed by atoms with Crippen molar-refractivity contribution in [2.75, 3.05) is 27.2 Å². The fourth-order valence-corrected chi connectivity index (χ4v) is 1.68. The number of nitrogens with zero attached hydrogens (tertiary/aromatic N) is 1. The molecule has 0 fully saturated rings. The van der Waals surface area contributed by atoms with Crippen LogP contribution in [0.5, 0.6) is 5.75 Å². The van der Waals surface area contributed by atoms with Gasteiger partial charge < -0.3 is 15.3 Å². The number of nitrogens with one attached hydrogen (secondary N) is 1. The highest BCUT2D eigenvalue weighted by Crippen LogP contribution is 2.22. The van der Waals surface area contributed by atoms with Crippen molar-refractivity contribution in [3.63, 3.8) is 0 Å². The lowest BCUT2D eigenvalue weighted by Crippen LogP contribution is -2.23. The molecule has 0 saturated heterocycles. The third kappa shape index (κ3) is 4.21. The Kier molecular flexibility index (Phi) is 5.29. The maximum Gasteiger partial charge on any atom is 0.120 e. The minimum Gasteiger partial charge on any atom is -0.508 e. The van der Waals surface area contributed by atoms with Gasteiger partial charge in [0.05, 0.1) is 0 Å². The zero-order valence-corrected chi connectivity index (χ0v) is 10.4. The molecule has 1 aromatic carbocycles. The van der Waals surface area contributed by atoms with E-state index in [9.17, 15) is 5.11 Å². The van der Waals surface area contributed by atoms with Crippen molar-refractivity contribution in [2.24, 2.45) is 0 Å². The summed E-state index contributed by atoms with van der Waals surface area (Å²) in [6.45, 7) is 4.12. The van der Waals surface area contributed by atoms with E-state index >= 15 is 0 Å².